The summed E-state index contributed by atoms with van der Waals surface area (Å²) in [7, 11) is 0. The van der Waals surface area contributed by atoms with Gasteiger partial charge in [0.05, 0.1) is 12.3 Å². The van der Waals surface area contributed by atoms with Crippen molar-refractivity contribution in [3.8, 4) is 22.4 Å². The first-order valence-electron chi connectivity index (χ1n) is 9.47. The number of halogens is 1. The molecule has 0 saturated heterocycles. The summed E-state index contributed by atoms with van der Waals surface area (Å²) in [6.07, 6.45) is 4.04. The Kier molecular flexibility index (Phi) is 7.25. The summed E-state index contributed by atoms with van der Waals surface area (Å²) in [5.74, 6) is 0.834. The van der Waals surface area contributed by atoms with Crippen molar-refractivity contribution in [3.05, 3.63) is 65.0 Å². The van der Waals surface area contributed by atoms with E-state index in [1.54, 1.807) is 0 Å². The van der Waals surface area contributed by atoms with E-state index >= 15 is 0 Å². The van der Waals surface area contributed by atoms with Crippen LogP contribution in [-0.4, -0.2) is 29.2 Å². The molecule has 0 spiro atoms. The first-order chi connectivity index (χ1) is 13.7. The molecule has 0 fully saturated rings. The number of aromatic amines is 1. The third kappa shape index (κ3) is 5.70. The number of rotatable bonds is 8. The van der Waals surface area contributed by atoms with Crippen LogP contribution >= 0.6 is 15.9 Å². The number of hydrogen-bond donors (Lipinski definition) is 2. The Morgan fingerprint density at radius 3 is 2.39 bits per heavy atom. The Morgan fingerprint density at radius 2 is 1.71 bits per heavy atom. The van der Waals surface area contributed by atoms with Gasteiger partial charge in [0, 0.05) is 29.2 Å². The molecule has 0 unspecified atom stereocenters. The number of ether oxygens (including phenoxy) is 1. The minimum Gasteiger partial charge on any atom is -0.450 e. The van der Waals surface area contributed by atoms with Crippen molar-refractivity contribution in [1.82, 2.24) is 15.3 Å². The fraction of sp³-hybridized carbons (Fsp3) is 0.273. The molecular formula is C22H24BrN3O2. The van der Waals surface area contributed by atoms with Gasteiger partial charge in [-0.25, -0.2) is 9.78 Å². The molecule has 2 aromatic carbocycles. The zero-order valence-corrected chi connectivity index (χ0v) is 17.5. The highest BCUT2D eigenvalue weighted by molar-refractivity contribution is 9.10. The summed E-state index contributed by atoms with van der Waals surface area (Å²) in [4.78, 5) is 19.3. The summed E-state index contributed by atoms with van der Waals surface area (Å²) < 4.78 is 6.14. The molecule has 0 radical (unpaired) electrons. The second kappa shape index (κ2) is 10.1. The van der Waals surface area contributed by atoms with Crippen molar-refractivity contribution in [3.63, 3.8) is 0 Å². The molecule has 0 saturated carbocycles. The zero-order chi connectivity index (χ0) is 19.8. The summed E-state index contributed by atoms with van der Waals surface area (Å²) >= 11 is 3.46. The van der Waals surface area contributed by atoms with Crippen molar-refractivity contribution in [2.24, 2.45) is 0 Å². The number of carbonyl (C=O) groups excluding carboxylic acids is 1. The molecule has 0 atom stereocenters. The number of H-pyrrole nitrogens is 1. The van der Waals surface area contributed by atoms with Crippen LogP contribution in [0.3, 0.4) is 0 Å². The Morgan fingerprint density at radius 1 is 1.07 bits per heavy atom. The number of unbranched alkanes of at least 4 members (excludes halogenated alkanes) is 1. The third-order valence-electron chi connectivity index (χ3n) is 4.35. The van der Waals surface area contributed by atoms with Crippen molar-refractivity contribution >= 4 is 22.0 Å². The summed E-state index contributed by atoms with van der Waals surface area (Å²) in [6, 6.07) is 16.6. The number of imidazole rings is 1. The molecular weight excluding hydrogens is 418 g/mol. The average molecular weight is 442 g/mol. The van der Waals surface area contributed by atoms with Gasteiger partial charge in [-0.2, -0.15) is 0 Å². The van der Waals surface area contributed by atoms with Crippen LogP contribution in [0.25, 0.3) is 22.4 Å². The molecule has 28 heavy (non-hydrogen) atoms. The van der Waals surface area contributed by atoms with E-state index in [2.05, 4.69) is 74.5 Å². The van der Waals surface area contributed by atoms with Crippen LogP contribution in [0, 0.1) is 0 Å². The normalized spacial score (nSPS) is 10.6. The summed E-state index contributed by atoms with van der Waals surface area (Å²) in [6.45, 7) is 3.01. The first kappa shape index (κ1) is 20.1. The number of amides is 1. The monoisotopic (exact) mass is 441 g/mol. The fourth-order valence-electron chi connectivity index (χ4n) is 2.76. The molecule has 1 aromatic heterocycles. The van der Waals surface area contributed by atoms with Crippen LogP contribution in [0.5, 0.6) is 0 Å². The molecule has 6 heteroatoms. The van der Waals surface area contributed by atoms with E-state index in [-0.39, 0.29) is 6.09 Å². The van der Waals surface area contributed by atoms with Gasteiger partial charge >= 0.3 is 6.09 Å². The summed E-state index contributed by atoms with van der Waals surface area (Å²) in [5.41, 5.74) is 4.28. The minimum atomic E-state index is -0.372. The van der Waals surface area contributed by atoms with Gasteiger partial charge in [-0.05, 0) is 29.7 Å². The molecule has 0 aliphatic carbocycles. The van der Waals surface area contributed by atoms with Crippen LogP contribution in [0.15, 0.2) is 59.2 Å². The lowest BCUT2D eigenvalue weighted by atomic mass is 10.0. The van der Waals surface area contributed by atoms with Crippen molar-refractivity contribution in [2.75, 3.05) is 13.2 Å². The van der Waals surface area contributed by atoms with Gasteiger partial charge in [-0.15, -0.1) is 0 Å². The Bertz CT molecular complexity index is 889. The number of nitrogens with one attached hydrogen (secondary N) is 2. The second-order valence-corrected chi connectivity index (χ2v) is 7.40. The van der Waals surface area contributed by atoms with Gasteiger partial charge < -0.3 is 15.0 Å². The van der Waals surface area contributed by atoms with Gasteiger partial charge in [-0.3, -0.25) is 0 Å². The van der Waals surface area contributed by atoms with E-state index in [1.807, 2.05) is 18.3 Å². The third-order valence-corrected chi connectivity index (χ3v) is 4.88. The quantitative estimate of drug-likeness (QED) is 0.448. The van der Waals surface area contributed by atoms with Crippen LogP contribution < -0.4 is 5.32 Å². The van der Waals surface area contributed by atoms with E-state index < -0.39 is 0 Å². The molecule has 0 aliphatic rings. The standard InChI is InChI=1S/C22H24BrN3O2/c1-2-3-14-28-22(27)24-13-12-21-25-15-20(26-21)18-6-4-16(5-7-18)17-8-10-19(23)11-9-17/h4-11,15H,2-3,12-14H2,1H3,(H,24,27)(H,25,26). The highest BCUT2D eigenvalue weighted by Gasteiger charge is 2.06. The van der Waals surface area contributed by atoms with Crippen molar-refractivity contribution < 1.29 is 9.53 Å². The zero-order valence-electron chi connectivity index (χ0n) is 15.9. The predicted molar refractivity (Wildman–Crippen MR) is 115 cm³/mol. The number of aromatic nitrogens is 2. The van der Waals surface area contributed by atoms with Crippen LogP contribution in [-0.2, 0) is 11.2 Å². The molecule has 1 heterocycles. The minimum absolute atomic E-state index is 0.372. The smallest absolute Gasteiger partial charge is 0.407 e. The van der Waals surface area contributed by atoms with Gasteiger partial charge in [0.1, 0.15) is 5.82 Å². The van der Waals surface area contributed by atoms with E-state index in [4.69, 9.17) is 4.74 Å². The molecule has 146 valence electrons. The van der Waals surface area contributed by atoms with E-state index in [0.717, 1.165) is 40.0 Å². The van der Waals surface area contributed by atoms with Gasteiger partial charge in [0.25, 0.3) is 0 Å². The maximum absolute atomic E-state index is 11.5. The lowest BCUT2D eigenvalue weighted by molar-refractivity contribution is 0.144. The largest absolute Gasteiger partial charge is 0.450 e. The molecule has 0 aliphatic heterocycles. The Labute approximate surface area is 173 Å². The SMILES string of the molecule is CCCCOC(=O)NCCc1nc(-c2ccc(-c3ccc(Br)cc3)cc2)c[nH]1. The molecule has 3 rings (SSSR count). The van der Waals surface area contributed by atoms with Gasteiger partial charge in [-0.1, -0.05) is 65.7 Å². The highest BCUT2D eigenvalue weighted by atomic mass is 79.9. The van der Waals surface area contributed by atoms with E-state index in [1.165, 1.54) is 5.56 Å². The first-order valence-corrected chi connectivity index (χ1v) is 10.3. The van der Waals surface area contributed by atoms with Gasteiger partial charge in [0.15, 0.2) is 0 Å². The molecule has 2 N–H and O–H groups in total. The second-order valence-electron chi connectivity index (χ2n) is 6.48. The Hall–Kier alpha value is -2.60. The number of hydrogen-bond acceptors (Lipinski definition) is 3. The van der Waals surface area contributed by atoms with Crippen LogP contribution in [0.4, 0.5) is 4.79 Å². The van der Waals surface area contributed by atoms with Gasteiger partial charge in [0.2, 0.25) is 0 Å². The number of nitrogens with zero attached hydrogens (tertiary/aromatic N) is 1. The lowest BCUT2D eigenvalue weighted by Gasteiger charge is -2.05. The molecule has 5 nitrogen and oxygen atoms in total. The number of carbonyl (C=O) groups is 1. The lowest BCUT2D eigenvalue weighted by Crippen LogP contribution is -2.27. The molecule has 3 aromatic rings. The average Bonchev–Trinajstić information content (AvgIpc) is 3.18. The molecule has 0 bridgehead atoms. The maximum atomic E-state index is 11.5. The van der Waals surface area contributed by atoms with Crippen molar-refractivity contribution in [1.29, 1.82) is 0 Å². The topological polar surface area (TPSA) is 67.0 Å². The molecule has 1 amide bonds. The van der Waals surface area contributed by atoms with E-state index in [9.17, 15) is 4.79 Å². The Balaban J connectivity index is 1.53. The summed E-state index contributed by atoms with van der Waals surface area (Å²) in [5, 5.41) is 2.74. The van der Waals surface area contributed by atoms with Crippen LogP contribution in [0.2, 0.25) is 0 Å². The van der Waals surface area contributed by atoms with E-state index in [0.29, 0.717) is 19.6 Å². The number of benzene rings is 2. The fourth-order valence-corrected chi connectivity index (χ4v) is 3.02. The predicted octanol–water partition coefficient (Wildman–Crippen LogP) is 5.58. The van der Waals surface area contributed by atoms with Crippen molar-refractivity contribution in [2.45, 2.75) is 26.2 Å². The number of alkyl carbamates (subject to hydrolysis) is 1. The maximum Gasteiger partial charge on any atom is 0.407 e. The van der Waals surface area contributed by atoms with Crippen LogP contribution in [0.1, 0.15) is 25.6 Å². The highest BCUT2D eigenvalue weighted by Crippen LogP contribution is 2.25.